The summed E-state index contributed by atoms with van der Waals surface area (Å²) in [6, 6.07) is 0. The molecule has 4 bridgehead atoms. The lowest BCUT2D eigenvalue weighted by molar-refractivity contribution is 0.0265. The van der Waals surface area contributed by atoms with Gasteiger partial charge in [0.2, 0.25) is 0 Å². The zero-order valence-corrected chi connectivity index (χ0v) is 10.1. The normalized spacial score (nSPS) is 75.6. The van der Waals surface area contributed by atoms with Gasteiger partial charge in [-0.3, -0.25) is 0 Å². The molecule has 0 aromatic rings. The van der Waals surface area contributed by atoms with E-state index in [4.69, 9.17) is 0 Å². The zero-order valence-electron chi connectivity index (χ0n) is 10.1. The van der Waals surface area contributed by atoms with Crippen LogP contribution in [0.15, 0.2) is 0 Å². The summed E-state index contributed by atoms with van der Waals surface area (Å²) in [7, 11) is 0. The van der Waals surface area contributed by atoms with Crippen LogP contribution >= 0.6 is 0 Å². The predicted octanol–water partition coefficient (Wildman–Crippen LogP) is 3.57. The number of hydrogen-bond acceptors (Lipinski definition) is 0. The predicted molar refractivity (Wildman–Crippen MR) is 57.7 cm³/mol. The molecule has 0 nitrogen and oxygen atoms in total. The van der Waals surface area contributed by atoms with Crippen molar-refractivity contribution < 1.29 is 0 Å². The second kappa shape index (κ2) is 1.62. The van der Waals surface area contributed by atoms with Gasteiger partial charge < -0.3 is 0 Å². The second-order valence-corrected chi connectivity index (χ2v) is 7.59. The third-order valence-electron chi connectivity index (χ3n) is 7.39. The molecule has 0 aromatic carbocycles. The molecule has 0 N–H and O–H groups in total. The zero-order chi connectivity index (χ0) is 10.1. The molecule has 0 heteroatoms. The number of hydrogen-bond donors (Lipinski definition) is 0. The molecule has 1 spiro atoms. The molecule has 5 saturated carbocycles. The van der Waals surface area contributed by atoms with Gasteiger partial charge in [0.15, 0.2) is 0 Å². The summed E-state index contributed by atoms with van der Waals surface area (Å²) in [6.45, 7) is 12.7. The Morgan fingerprint density at radius 2 is 1.57 bits per heavy atom. The molecular formula is C14H22. The fourth-order valence-electron chi connectivity index (χ4n) is 7.03. The molecule has 0 aromatic heterocycles. The summed E-state index contributed by atoms with van der Waals surface area (Å²) in [4.78, 5) is 0. The summed E-state index contributed by atoms with van der Waals surface area (Å²) in [5, 5.41) is 0. The largest absolute Gasteiger partial charge is 0.0617 e. The molecule has 0 amide bonds. The highest BCUT2D eigenvalue weighted by Gasteiger charge is 2.98. The Morgan fingerprint density at radius 1 is 0.929 bits per heavy atom. The Labute approximate surface area is 87.5 Å². The van der Waals surface area contributed by atoms with Crippen LogP contribution in [-0.4, -0.2) is 0 Å². The molecule has 78 valence electrons. The Morgan fingerprint density at radius 3 is 2.00 bits per heavy atom. The van der Waals surface area contributed by atoms with Crippen molar-refractivity contribution in [1.29, 1.82) is 0 Å². The molecule has 5 rings (SSSR count). The van der Waals surface area contributed by atoms with E-state index in [-0.39, 0.29) is 0 Å². The van der Waals surface area contributed by atoms with E-state index >= 15 is 0 Å². The van der Waals surface area contributed by atoms with Crippen LogP contribution in [0.1, 0.15) is 41.0 Å². The van der Waals surface area contributed by atoms with Crippen molar-refractivity contribution in [2.75, 3.05) is 0 Å². The van der Waals surface area contributed by atoms with Crippen LogP contribution in [0.3, 0.4) is 0 Å². The molecule has 1 unspecified atom stereocenters. The van der Waals surface area contributed by atoms with Crippen LogP contribution in [0.2, 0.25) is 0 Å². The average molecular weight is 190 g/mol. The molecule has 5 aliphatic carbocycles. The van der Waals surface area contributed by atoms with Crippen LogP contribution < -0.4 is 0 Å². The van der Waals surface area contributed by atoms with Crippen LogP contribution in [-0.2, 0) is 0 Å². The third-order valence-corrected chi connectivity index (χ3v) is 7.39. The van der Waals surface area contributed by atoms with Crippen molar-refractivity contribution in [2.45, 2.75) is 41.0 Å². The first-order valence-electron chi connectivity index (χ1n) is 6.40. The highest BCUT2D eigenvalue weighted by molar-refractivity contribution is 5.44. The molecule has 5 fully saturated rings. The number of fused-ring (bicyclic) bond motifs is 1. The van der Waals surface area contributed by atoms with Crippen molar-refractivity contribution in [3.8, 4) is 0 Å². The van der Waals surface area contributed by atoms with E-state index in [0.29, 0.717) is 5.41 Å². The summed E-state index contributed by atoms with van der Waals surface area (Å²) in [5.74, 6) is 5.35. The third kappa shape index (κ3) is 0.432. The fraction of sp³-hybridized carbons (Fsp3) is 1.00. The van der Waals surface area contributed by atoms with Crippen molar-refractivity contribution in [3.63, 3.8) is 0 Å². The molecule has 7 atom stereocenters. The van der Waals surface area contributed by atoms with Crippen LogP contribution in [0.25, 0.3) is 0 Å². The van der Waals surface area contributed by atoms with Crippen molar-refractivity contribution in [2.24, 2.45) is 45.8 Å². The van der Waals surface area contributed by atoms with Crippen LogP contribution in [0, 0.1) is 45.8 Å². The highest BCUT2D eigenvalue weighted by atomic mass is 15.0. The van der Waals surface area contributed by atoms with Crippen LogP contribution in [0.5, 0.6) is 0 Å². The Kier molecular flexibility index (Phi) is 0.947. The lowest BCUT2D eigenvalue weighted by Crippen LogP contribution is -2.39. The molecule has 0 radical (unpaired) electrons. The lowest BCUT2D eigenvalue weighted by Gasteiger charge is -2.46. The maximum absolute atomic E-state index is 2.61. The average Bonchev–Trinajstić information content (AvgIpc) is 2.79. The van der Waals surface area contributed by atoms with E-state index < -0.39 is 0 Å². The first-order valence-corrected chi connectivity index (χ1v) is 6.40. The monoisotopic (exact) mass is 190 g/mol. The van der Waals surface area contributed by atoms with E-state index in [0.717, 1.165) is 40.4 Å². The van der Waals surface area contributed by atoms with Gasteiger partial charge in [-0.2, -0.15) is 0 Å². The summed E-state index contributed by atoms with van der Waals surface area (Å²) in [5.41, 5.74) is 2.29. The van der Waals surface area contributed by atoms with E-state index in [2.05, 4.69) is 34.6 Å². The Balaban J connectivity index is 1.90. The van der Waals surface area contributed by atoms with Crippen molar-refractivity contribution in [1.82, 2.24) is 0 Å². The molecular weight excluding hydrogens is 168 g/mol. The van der Waals surface area contributed by atoms with Crippen LogP contribution in [0.4, 0.5) is 0 Å². The SMILES string of the molecule is C[C@H]1[C@H]2[C@@H]3[C@H](C)[C@]4(C)[C@H](CC3(C)C)C214. The van der Waals surface area contributed by atoms with Gasteiger partial charge in [0.1, 0.15) is 0 Å². The topological polar surface area (TPSA) is 0 Å². The van der Waals surface area contributed by atoms with Gasteiger partial charge in [-0.1, -0.05) is 34.6 Å². The minimum Gasteiger partial charge on any atom is -0.0617 e. The summed E-state index contributed by atoms with van der Waals surface area (Å²) < 4.78 is 0. The maximum atomic E-state index is 2.61. The lowest BCUT2D eigenvalue weighted by atomic mass is 9.59. The number of rotatable bonds is 0. The fourth-order valence-corrected chi connectivity index (χ4v) is 7.03. The molecule has 14 heavy (non-hydrogen) atoms. The van der Waals surface area contributed by atoms with Gasteiger partial charge in [0, 0.05) is 0 Å². The van der Waals surface area contributed by atoms with E-state index in [1.54, 1.807) is 0 Å². The van der Waals surface area contributed by atoms with Gasteiger partial charge >= 0.3 is 0 Å². The first-order chi connectivity index (χ1) is 6.40. The molecule has 0 heterocycles. The minimum absolute atomic E-state index is 0.652. The summed E-state index contributed by atoms with van der Waals surface area (Å²) >= 11 is 0. The van der Waals surface area contributed by atoms with Gasteiger partial charge in [0.25, 0.3) is 0 Å². The van der Waals surface area contributed by atoms with E-state index in [1.165, 1.54) is 6.42 Å². The maximum Gasteiger partial charge on any atom is -0.0142 e. The van der Waals surface area contributed by atoms with Gasteiger partial charge in [0.05, 0.1) is 0 Å². The van der Waals surface area contributed by atoms with Gasteiger partial charge in [-0.25, -0.2) is 0 Å². The minimum atomic E-state index is 0.652. The van der Waals surface area contributed by atoms with Gasteiger partial charge in [-0.05, 0) is 52.3 Å². The standard InChI is InChI=1S/C14H22/c1-7-10-11-8(2)14(11)9(13(7,14)5)6-12(10,3)4/h7-11H,6H2,1-5H3/t7-,8-,9-,10-,11-,13+,14?/m0/s1. The Hall–Kier alpha value is 0. The highest BCUT2D eigenvalue weighted by Crippen LogP contribution is 3.01. The molecule has 0 saturated heterocycles. The molecule has 0 aliphatic heterocycles. The van der Waals surface area contributed by atoms with Crippen molar-refractivity contribution >= 4 is 0 Å². The van der Waals surface area contributed by atoms with Crippen molar-refractivity contribution in [3.05, 3.63) is 0 Å². The smallest absolute Gasteiger partial charge is 0.0142 e. The first kappa shape index (κ1) is 8.19. The van der Waals surface area contributed by atoms with E-state index in [9.17, 15) is 0 Å². The second-order valence-electron chi connectivity index (χ2n) is 7.59. The quantitative estimate of drug-likeness (QED) is 0.548. The van der Waals surface area contributed by atoms with Gasteiger partial charge in [-0.15, -0.1) is 0 Å². The molecule has 5 aliphatic rings. The Bertz CT molecular complexity index is 333. The van der Waals surface area contributed by atoms with E-state index in [1.807, 2.05) is 0 Å². The summed E-state index contributed by atoms with van der Waals surface area (Å²) in [6.07, 6.45) is 1.53.